The van der Waals surface area contributed by atoms with Crippen molar-refractivity contribution in [1.82, 2.24) is 14.2 Å². The SMILES string of the molecule is CCC(C)c1cc(C)n2nc(-c3ccc(Cl)cc3OC)n(C3CC3)c(=O)c12. The lowest BCUT2D eigenvalue weighted by Gasteiger charge is -2.16. The van der Waals surface area contributed by atoms with E-state index in [2.05, 4.69) is 19.9 Å². The maximum atomic E-state index is 13.6. The number of fused-ring (bicyclic) bond motifs is 1. The zero-order valence-corrected chi connectivity index (χ0v) is 16.9. The van der Waals surface area contributed by atoms with Crippen LogP contribution in [-0.2, 0) is 0 Å². The van der Waals surface area contributed by atoms with Crippen molar-refractivity contribution in [3.8, 4) is 17.1 Å². The van der Waals surface area contributed by atoms with Gasteiger partial charge in [0.05, 0.1) is 12.7 Å². The minimum Gasteiger partial charge on any atom is -0.496 e. The average molecular weight is 386 g/mol. The summed E-state index contributed by atoms with van der Waals surface area (Å²) in [5.41, 5.74) is 3.56. The largest absolute Gasteiger partial charge is 0.496 e. The van der Waals surface area contributed by atoms with Gasteiger partial charge in [-0.15, -0.1) is 5.10 Å². The van der Waals surface area contributed by atoms with Gasteiger partial charge >= 0.3 is 0 Å². The number of hydrogen-bond acceptors (Lipinski definition) is 3. The molecular formula is C21H24ClN3O2. The highest BCUT2D eigenvalue weighted by Crippen LogP contribution is 2.39. The van der Waals surface area contributed by atoms with Crippen molar-refractivity contribution >= 4 is 17.1 Å². The van der Waals surface area contributed by atoms with Crippen LogP contribution in [0.15, 0.2) is 29.1 Å². The Labute approximate surface area is 163 Å². The molecule has 0 amide bonds. The summed E-state index contributed by atoms with van der Waals surface area (Å²) in [7, 11) is 1.61. The lowest BCUT2D eigenvalue weighted by Crippen LogP contribution is -2.26. The number of methoxy groups -OCH3 is 1. The van der Waals surface area contributed by atoms with Gasteiger partial charge in [0.15, 0.2) is 5.82 Å². The number of rotatable bonds is 5. The first-order chi connectivity index (χ1) is 13.0. The molecule has 0 radical (unpaired) electrons. The summed E-state index contributed by atoms with van der Waals surface area (Å²) in [6.45, 7) is 6.30. The van der Waals surface area contributed by atoms with Crippen LogP contribution >= 0.6 is 11.6 Å². The van der Waals surface area contributed by atoms with Crippen molar-refractivity contribution in [3.05, 3.63) is 50.9 Å². The van der Waals surface area contributed by atoms with Gasteiger partial charge in [0.1, 0.15) is 11.3 Å². The monoisotopic (exact) mass is 385 g/mol. The molecule has 2 aromatic heterocycles. The fourth-order valence-electron chi connectivity index (χ4n) is 3.65. The smallest absolute Gasteiger partial charge is 0.278 e. The van der Waals surface area contributed by atoms with Gasteiger partial charge in [0, 0.05) is 16.8 Å². The van der Waals surface area contributed by atoms with Crippen LogP contribution in [0.5, 0.6) is 5.75 Å². The van der Waals surface area contributed by atoms with E-state index >= 15 is 0 Å². The van der Waals surface area contributed by atoms with Crippen LogP contribution in [0.4, 0.5) is 0 Å². The fourth-order valence-corrected chi connectivity index (χ4v) is 3.81. The van der Waals surface area contributed by atoms with Gasteiger partial charge < -0.3 is 4.74 Å². The summed E-state index contributed by atoms with van der Waals surface area (Å²) in [5, 5.41) is 5.49. The summed E-state index contributed by atoms with van der Waals surface area (Å²) in [6.07, 6.45) is 2.98. The minimum absolute atomic E-state index is 0.0305. The molecule has 0 N–H and O–H groups in total. The predicted octanol–water partition coefficient (Wildman–Crippen LogP) is 4.98. The molecule has 1 saturated carbocycles. The van der Waals surface area contributed by atoms with Crippen LogP contribution in [0.1, 0.15) is 56.3 Å². The summed E-state index contributed by atoms with van der Waals surface area (Å²) < 4.78 is 9.18. The molecule has 1 fully saturated rings. The zero-order chi connectivity index (χ0) is 19.3. The molecule has 0 aliphatic heterocycles. The van der Waals surface area contributed by atoms with Gasteiger partial charge in [-0.1, -0.05) is 25.4 Å². The third-order valence-corrected chi connectivity index (χ3v) is 5.72. The van der Waals surface area contributed by atoms with Gasteiger partial charge in [-0.2, -0.15) is 0 Å². The summed E-state index contributed by atoms with van der Waals surface area (Å²) in [5.74, 6) is 1.57. The number of halogens is 1. The molecule has 1 aromatic carbocycles. The number of aromatic nitrogens is 3. The highest BCUT2D eigenvalue weighted by Gasteiger charge is 2.31. The Bertz CT molecular complexity index is 1080. The Morgan fingerprint density at radius 2 is 2.07 bits per heavy atom. The van der Waals surface area contributed by atoms with Gasteiger partial charge in [-0.25, -0.2) is 4.52 Å². The quantitative estimate of drug-likeness (QED) is 0.622. The van der Waals surface area contributed by atoms with E-state index in [0.717, 1.165) is 36.1 Å². The van der Waals surface area contributed by atoms with Crippen LogP contribution in [0.3, 0.4) is 0 Å². The van der Waals surface area contributed by atoms with Crippen molar-refractivity contribution in [2.24, 2.45) is 0 Å². The molecule has 142 valence electrons. The molecule has 0 saturated heterocycles. The molecular weight excluding hydrogens is 362 g/mol. The Hall–Kier alpha value is -2.27. The van der Waals surface area contributed by atoms with Gasteiger partial charge in [0.2, 0.25) is 0 Å². The second-order valence-corrected chi connectivity index (χ2v) is 7.82. The second-order valence-electron chi connectivity index (χ2n) is 7.39. The predicted molar refractivity (Wildman–Crippen MR) is 108 cm³/mol. The van der Waals surface area contributed by atoms with Crippen LogP contribution < -0.4 is 10.3 Å². The van der Waals surface area contributed by atoms with Crippen molar-refractivity contribution < 1.29 is 4.74 Å². The van der Waals surface area contributed by atoms with Gasteiger partial charge in [0.25, 0.3) is 5.56 Å². The number of benzene rings is 1. The van der Waals surface area contributed by atoms with E-state index in [0.29, 0.717) is 28.0 Å². The topological polar surface area (TPSA) is 48.5 Å². The highest BCUT2D eigenvalue weighted by molar-refractivity contribution is 6.30. The molecule has 3 aromatic rings. The third kappa shape index (κ3) is 2.94. The molecule has 4 rings (SSSR count). The van der Waals surface area contributed by atoms with Crippen molar-refractivity contribution in [2.75, 3.05) is 7.11 Å². The maximum absolute atomic E-state index is 13.6. The van der Waals surface area contributed by atoms with E-state index in [1.165, 1.54) is 0 Å². The molecule has 5 nitrogen and oxygen atoms in total. The van der Waals surface area contributed by atoms with E-state index in [9.17, 15) is 4.79 Å². The van der Waals surface area contributed by atoms with Crippen LogP contribution in [-0.4, -0.2) is 21.3 Å². The van der Waals surface area contributed by atoms with Gasteiger partial charge in [-0.05, 0) is 61.9 Å². The number of ether oxygens (including phenoxy) is 1. The zero-order valence-electron chi connectivity index (χ0n) is 16.1. The van der Waals surface area contributed by atoms with Crippen LogP contribution in [0.2, 0.25) is 5.02 Å². The summed E-state index contributed by atoms with van der Waals surface area (Å²) >= 11 is 6.13. The molecule has 1 aliphatic carbocycles. The van der Waals surface area contributed by atoms with E-state index in [4.69, 9.17) is 21.4 Å². The van der Waals surface area contributed by atoms with Crippen molar-refractivity contribution in [3.63, 3.8) is 0 Å². The molecule has 1 unspecified atom stereocenters. The van der Waals surface area contributed by atoms with Crippen LogP contribution in [0.25, 0.3) is 16.9 Å². The first kappa shape index (κ1) is 18.1. The van der Waals surface area contributed by atoms with Crippen molar-refractivity contribution in [1.29, 1.82) is 0 Å². The van der Waals surface area contributed by atoms with E-state index in [1.807, 2.05) is 17.6 Å². The Balaban J connectivity index is 2.07. The normalized spacial score (nSPS) is 15.3. The lowest BCUT2D eigenvalue weighted by molar-refractivity contribution is 0.415. The highest BCUT2D eigenvalue weighted by atomic mass is 35.5. The molecule has 0 spiro atoms. The minimum atomic E-state index is 0.0305. The molecule has 2 heterocycles. The molecule has 1 atom stereocenters. The van der Waals surface area contributed by atoms with Gasteiger partial charge in [-0.3, -0.25) is 9.36 Å². The maximum Gasteiger partial charge on any atom is 0.278 e. The number of aryl methyl sites for hydroxylation is 1. The third-order valence-electron chi connectivity index (χ3n) is 5.49. The fraction of sp³-hybridized carbons (Fsp3) is 0.429. The molecule has 1 aliphatic rings. The van der Waals surface area contributed by atoms with Crippen LogP contribution in [0, 0.1) is 6.92 Å². The molecule has 0 bridgehead atoms. The lowest BCUT2D eigenvalue weighted by atomic mass is 10.00. The van der Waals surface area contributed by atoms with E-state index in [1.54, 1.807) is 23.8 Å². The summed E-state index contributed by atoms with van der Waals surface area (Å²) in [6, 6.07) is 7.74. The Morgan fingerprint density at radius 3 is 2.70 bits per heavy atom. The summed E-state index contributed by atoms with van der Waals surface area (Å²) in [4.78, 5) is 13.6. The number of hydrogen-bond donors (Lipinski definition) is 0. The standard InChI is InChI=1S/C21H24ClN3O2/c1-5-12(2)17-10-13(3)25-19(17)21(26)24(15-7-8-15)20(23-25)16-9-6-14(22)11-18(16)27-4/h6,9-12,15H,5,7-8H2,1-4H3. The Morgan fingerprint density at radius 1 is 1.33 bits per heavy atom. The Kier molecular flexibility index (Phi) is 4.50. The second kappa shape index (κ2) is 6.71. The molecule has 27 heavy (non-hydrogen) atoms. The van der Waals surface area contributed by atoms with Crippen molar-refractivity contribution in [2.45, 2.75) is 52.0 Å². The van der Waals surface area contributed by atoms with E-state index in [-0.39, 0.29) is 11.6 Å². The first-order valence-electron chi connectivity index (χ1n) is 9.44. The molecule has 6 heteroatoms. The first-order valence-corrected chi connectivity index (χ1v) is 9.82. The average Bonchev–Trinajstić information content (AvgIpc) is 3.44. The number of nitrogens with zero attached hydrogens (tertiary/aromatic N) is 3. The van der Waals surface area contributed by atoms with E-state index < -0.39 is 0 Å².